The number of pyridine rings is 1. The highest BCUT2D eigenvalue weighted by molar-refractivity contribution is 5.97. The van der Waals surface area contributed by atoms with Crippen molar-refractivity contribution in [1.82, 2.24) is 4.57 Å². The van der Waals surface area contributed by atoms with Gasteiger partial charge in [-0.3, -0.25) is 14.2 Å². The van der Waals surface area contributed by atoms with Crippen molar-refractivity contribution in [3.8, 4) is 5.69 Å². The lowest BCUT2D eigenvalue weighted by molar-refractivity contribution is 0.100. The van der Waals surface area contributed by atoms with Crippen LogP contribution in [-0.2, 0) is 0 Å². The lowest BCUT2D eigenvalue weighted by atomic mass is 10.1. The van der Waals surface area contributed by atoms with E-state index in [1.807, 2.05) is 30.3 Å². The first-order valence-corrected chi connectivity index (χ1v) is 6.59. The number of fused-ring (bicyclic) bond motifs is 1. The van der Waals surface area contributed by atoms with Crippen molar-refractivity contribution < 1.29 is 4.79 Å². The summed E-state index contributed by atoms with van der Waals surface area (Å²) in [5, 5.41) is 0.812. The summed E-state index contributed by atoms with van der Waals surface area (Å²) >= 11 is 0. The summed E-state index contributed by atoms with van der Waals surface area (Å²) in [6, 6.07) is 16.3. The molecule has 1 aromatic heterocycles. The fourth-order valence-electron chi connectivity index (χ4n) is 2.44. The van der Waals surface area contributed by atoms with Crippen LogP contribution in [0.4, 0.5) is 0 Å². The molecule has 0 bridgehead atoms. The van der Waals surface area contributed by atoms with Crippen LogP contribution in [0, 0.1) is 6.92 Å². The van der Waals surface area contributed by atoms with Crippen LogP contribution in [0.1, 0.15) is 15.9 Å². The van der Waals surface area contributed by atoms with E-state index < -0.39 is 5.91 Å². The number of hydrogen-bond donors (Lipinski definition) is 1. The van der Waals surface area contributed by atoms with E-state index in [-0.39, 0.29) is 5.56 Å². The Morgan fingerprint density at radius 2 is 1.76 bits per heavy atom. The molecule has 0 radical (unpaired) electrons. The highest BCUT2D eigenvalue weighted by atomic mass is 16.1. The van der Waals surface area contributed by atoms with Crippen molar-refractivity contribution in [1.29, 1.82) is 0 Å². The predicted octanol–water partition coefficient (Wildman–Crippen LogP) is 2.40. The standard InChI is InChI=1S/C17H14N2O2/c1-11-9-13-10-12(16(18)20)7-8-15(13)19(17(11)21)14-5-3-2-4-6-14/h2-10H,1H3,(H2,18,20). The Labute approximate surface area is 121 Å². The van der Waals surface area contributed by atoms with Gasteiger partial charge in [-0.15, -0.1) is 0 Å². The lowest BCUT2D eigenvalue weighted by Gasteiger charge is -2.12. The summed E-state index contributed by atoms with van der Waals surface area (Å²) in [7, 11) is 0. The van der Waals surface area contributed by atoms with E-state index in [2.05, 4.69) is 0 Å². The third kappa shape index (κ3) is 2.21. The number of para-hydroxylation sites is 1. The fourth-order valence-corrected chi connectivity index (χ4v) is 2.44. The van der Waals surface area contributed by atoms with Crippen molar-refractivity contribution in [2.24, 2.45) is 5.73 Å². The molecule has 0 spiro atoms. The van der Waals surface area contributed by atoms with Gasteiger partial charge in [0.15, 0.2) is 0 Å². The smallest absolute Gasteiger partial charge is 0.258 e. The number of nitrogens with two attached hydrogens (primary N) is 1. The van der Waals surface area contributed by atoms with Crippen LogP contribution in [-0.4, -0.2) is 10.5 Å². The molecular weight excluding hydrogens is 264 g/mol. The molecule has 0 saturated carbocycles. The lowest BCUT2D eigenvalue weighted by Crippen LogP contribution is -2.21. The SMILES string of the molecule is Cc1cc2cc(C(N)=O)ccc2n(-c2ccccc2)c1=O. The molecule has 2 aromatic carbocycles. The molecule has 4 nitrogen and oxygen atoms in total. The van der Waals surface area contributed by atoms with Crippen molar-refractivity contribution in [2.75, 3.05) is 0 Å². The third-order valence-corrected chi connectivity index (χ3v) is 3.48. The number of aryl methyl sites for hydroxylation is 1. The quantitative estimate of drug-likeness (QED) is 0.782. The minimum absolute atomic E-state index is 0.0690. The Morgan fingerprint density at radius 3 is 2.43 bits per heavy atom. The molecule has 0 atom stereocenters. The summed E-state index contributed by atoms with van der Waals surface area (Å²) in [4.78, 5) is 23.8. The summed E-state index contributed by atoms with van der Waals surface area (Å²) in [5.41, 5.74) is 7.84. The topological polar surface area (TPSA) is 65.1 Å². The third-order valence-electron chi connectivity index (χ3n) is 3.48. The number of aromatic nitrogens is 1. The molecule has 3 aromatic rings. The fraction of sp³-hybridized carbons (Fsp3) is 0.0588. The molecule has 0 unspecified atom stereocenters. The zero-order valence-electron chi connectivity index (χ0n) is 11.5. The Hall–Kier alpha value is -2.88. The minimum atomic E-state index is -0.480. The molecule has 3 rings (SSSR count). The van der Waals surface area contributed by atoms with Crippen LogP contribution in [0.5, 0.6) is 0 Å². The number of benzene rings is 2. The predicted molar refractivity (Wildman–Crippen MR) is 82.8 cm³/mol. The maximum atomic E-state index is 12.5. The van der Waals surface area contributed by atoms with Gasteiger partial charge in [-0.25, -0.2) is 0 Å². The molecule has 1 amide bonds. The van der Waals surface area contributed by atoms with Gasteiger partial charge in [0.25, 0.3) is 5.56 Å². The monoisotopic (exact) mass is 278 g/mol. The summed E-state index contributed by atoms with van der Waals surface area (Å²) in [6.07, 6.45) is 0. The van der Waals surface area contributed by atoms with E-state index in [0.717, 1.165) is 16.6 Å². The van der Waals surface area contributed by atoms with Crippen molar-refractivity contribution >= 4 is 16.8 Å². The van der Waals surface area contributed by atoms with Gasteiger partial charge in [0.1, 0.15) is 0 Å². The van der Waals surface area contributed by atoms with Gasteiger partial charge < -0.3 is 5.73 Å². The number of amides is 1. The molecule has 0 aliphatic rings. The van der Waals surface area contributed by atoms with E-state index in [9.17, 15) is 9.59 Å². The molecule has 0 fully saturated rings. The van der Waals surface area contributed by atoms with E-state index >= 15 is 0 Å². The second kappa shape index (κ2) is 4.90. The molecule has 0 aliphatic carbocycles. The molecule has 2 N–H and O–H groups in total. The van der Waals surface area contributed by atoms with Crippen LogP contribution >= 0.6 is 0 Å². The first kappa shape index (κ1) is 13.1. The highest BCUT2D eigenvalue weighted by Crippen LogP contribution is 2.19. The first-order valence-electron chi connectivity index (χ1n) is 6.59. The number of carbonyl (C=O) groups excluding carboxylic acids is 1. The Balaban J connectivity index is 2.40. The van der Waals surface area contributed by atoms with Crippen LogP contribution in [0.3, 0.4) is 0 Å². The van der Waals surface area contributed by atoms with E-state index in [0.29, 0.717) is 11.1 Å². The van der Waals surface area contributed by atoms with Crippen LogP contribution in [0.2, 0.25) is 0 Å². The van der Waals surface area contributed by atoms with Gasteiger partial charge in [-0.2, -0.15) is 0 Å². The number of hydrogen-bond acceptors (Lipinski definition) is 2. The zero-order valence-corrected chi connectivity index (χ0v) is 11.5. The van der Waals surface area contributed by atoms with Gasteiger partial charge in [-0.05, 0) is 48.7 Å². The number of primary amides is 1. The average Bonchev–Trinajstić information content (AvgIpc) is 2.49. The minimum Gasteiger partial charge on any atom is -0.366 e. The first-order chi connectivity index (χ1) is 10.1. The Morgan fingerprint density at radius 1 is 1.05 bits per heavy atom. The molecule has 21 heavy (non-hydrogen) atoms. The second-order valence-electron chi connectivity index (χ2n) is 4.94. The maximum Gasteiger partial charge on any atom is 0.258 e. The van der Waals surface area contributed by atoms with Crippen molar-refractivity contribution in [3.63, 3.8) is 0 Å². The molecule has 1 heterocycles. The summed E-state index contributed by atoms with van der Waals surface area (Å²) in [5.74, 6) is -0.480. The molecule has 4 heteroatoms. The van der Waals surface area contributed by atoms with Gasteiger partial charge in [0.05, 0.1) is 5.52 Å². The van der Waals surface area contributed by atoms with Gasteiger partial charge in [0.2, 0.25) is 5.91 Å². The number of nitrogens with zero attached hydrogens (tertiary/aromatic N) is 1. The normalized spacial score (nSPS) is 10.7. The van der Waals surface area contributed by atoms with Crippen LogP contribution in [0.15, 0.2) is 59.4 Å². The number of rotatable bonds is 2. The largest absolute Gasteiger partial charge is 0.366 e. The van der Waals surface area contributed by atoms with Gasteiger partial charge in [0, 0.05) is 16.8 Å². The molecule has 0 aliphatic heterocycles. The zero-order chi connectivity index (χ0) is 15.0. The average molecular weight is 278 g/mol. The Kier molecular flexibility index (Phi) is 3.06. The van der Waals surface area contributed by atoms with Gasteiger partial charge in [-0.1, -0.05) is 18.2 Å². The van der Waals surface area contributed by atoms with Gasteiger partial charge >= 0.3 is 0 Å². The Bertz CT molecular complexity index is 896. The van der Waals surface area contributed by atoms with E-state index in [1.165, 1.54) is 0 Å². The van der Waals surface area contributed by atoms with E-state index in [4.69, 9.17) is 5.73 Å². The van der Waals surface area contributed by atoms with Crippen molar-refractivity contribution in [3.05, 3.63) is 76.1 Å². The highest BCUT2D eigenvalue weighted by Gasteiger charge is 2.10. The van der Waals surface area contributed by atoms with Crippen molar-refractivity contribution in [2.45, 2.75) is 6.92 Å². The molecule has 0 saturated heterocycles. The van der Waals surface area contributed by atoms with Crippen LogP contribution < -0.4 is 11.3 Å². The number of carbonyl (C=O) groups is 1. The molecular formula is C17H14N2O2. The van der Waals surface area contributed by atoms with E-state index in [1.54, 1.807) is 35.8 Å². The van der Waals surface area contributed by atoms with Crippen LogP contribution in [0.25, 0.3) is 16.6 Å². The molecule has 104 valence electrons. The summed E-state index contributed by atoms with van der Waals surface area (Å²) in [6.45, 7) is 1.76. The summed E-state index contributed by atoms with van der Waals surface area (Å²) < 4.78 is 1.65. The second-order valence-corrected chi connectivity index (χ2v) is 4.94. The maximum absolute atomic E-state index is 12.5.